The normalized spacial score (nSPS) is 20.1. The summed E-state index contributed by atoms with van der Waals surface area (Å²) in [6.45, 7) is 3.03. The summed E-state index contributed by atoms with van der Waals surface area (Å²) in [5, 5.41) is 0.714. The van der Waals surface area contributed by atoms with Gasteiger partial charge in [-0.2, -0.15) is 0 Å². The van der Waals surface area contributed by atoms with E-state index in [1.807, 2.05) is 29.2 Å². The van der Waals surface area contributed by atoms with Crippen LogP contribution in [-0.2, 0) is 11.2 Å². The van der Waals surface area contributed by atoms with Gasteiger partial charge in [-0.25, -0.2) is 0 Å². The third-order valence-corrected chi connectivity index (χ3v) is 3.39. The summed E-state index contributed by atoms with van der Waals surface area (Å²) in [4.78, 5) is 14.0. The average Bonchev–Trinajstić information content (AvgIpc) is 2.68. The van der Waals surface area contributed by atoms with Gasteiger partial charge in [-0.15, -0.1) is 0 Å². The molecule has 2 nitrogen and oxygen atoms in total. The summed E-state index contributed by atoms with van der Waals surface area (Å²) in [7, 11) is 0. The molecule has 1 aromatic carbocycles. The van der Waals surface area contributed by atoms with E-state index in [4.69, 9.17) is 11.6 Å². The van der Waals surface area contributed by atoms with E-state index >= 15 is 0 Å². The predicted octanol–water partition coefficient (Wildman–Crippen LogP) is 2.89. The van der Waals surface area contributed by atoms with Crippen molar-refractivity contribution in [3.05, 3.63) is 34.9 Å². The Morgan fingerprint density at radius 1 is 1.44 bits per heavy atom. The van der Waals surface area contributed by atoms with Crippen LogP contribution in [0.25, 0.3) is 0 Å². The molecule has 0 saturated carbocycles. The van der Waals surface area contributed by atoms with E-state index in [9.17, 15) is 4.79 Å². The Hall–Kier alpha value is -1.02. The highest BCUT2D eigenvalue weighted by Crippen LogP contribution is 2.18. The molecule has 0 radical (unpaired) electrons. The molecule has 1 saturated heterocycles. The van der Waals surface area contributed by atoms with Crippen molar-refractivity contribution in [3.63, 3.8) is 0 Å². The first-order valence-corrected chi connectivity index (χ1v) is 6.08. The summed E-state index contributed by atoms with van der Waals surface area (Å²) < 4.78 is 0. The van der Waals surface area contributed by atoms with Crippen molar-refractivity contribution in [2.24, 2.45) is 0 Å². The van der Waals surface area contributed by atoms with E-state index in [0.717, 1.165) is 24.9 Å². The number of nitrogens with zero attached hydrogens (tertiary/aromatic N) is 1. The fourth-order valence-corrected chi connectivity index (χ4v) is 2.31. The summed E-state index contributed by atoms with van der Waals surface area (Å²) in [5.74, 6) is 0.229. The van der Waals surface area contributed by atoms with Crippen molar-refractivity contribution in [2.75, 3.05) is 6.54 Å². The van der Waals surface area contributed by atoms with Gasteiger partial charge in [0.05, 0.1) is 6.42 Å². The fraction of sp³-hybridized carbons (Fsp3) is 0.462. The molecule has 1 amide bonds. The average molecular weight is 238 g/mol. The Bertz CT molecular complexity index is 374. The van der Waals surface area contributed by atoms with Crippen molar-refractivity contribution < 1.29 is 4.79 Å². The summed E-state index contributed by atoms with van der Waals surface area (Å²) in [6.07, 6.45) is 2.75. The minimum Gasteiger partial charge on any atom is -0.340 e. The largest absolute Gasteiger partial charge is 0.340 e. The van der Waals surface area contributed by atoms with E-state index < -0.39 is 0 Å². The molecule has 1 aromatic rings. The molecule has 2 rings (SSSR count). The van der Waals surface area contributed by atoms with Crippen molar-refractivity contribution in [1.29, 1.82) is 0 Å². The van der Waals surface area contributed by atoms with Crippen LogP contribution in [0.15, 0.2) is 24.3 Å². The molecule has 0 aromatic heterocycles. The van der Waals surface area contributed by atoms with E-state index in [2.05, 4.69) is 6.92 Å². The maximum absolute atomic E-state index is 12.0. The van der Waals surface area contributed by atoms with Crippen molar-refractivity contribution in [2.45, 2.75) is 32.2 Å². The van der Waals surface area contributed by atoms with E-state index in [-0.39, 0.29) is 5.91 Å². The maximum Gasteiger partial charge on any atom is 0.227 e. The number of carbonyl (C=O) groups is 1. The number of halogens is 1. The van der Waals surface area contributed by atoms with Crippen LogP contribution in [0.2, 0.25) is 5.02 Å². The molecule has 86 valence electrons. The highest BCUT2D eigenvalue weighted by Gasteiger charge is 2.24. The first-order chi connectivity index (χ1) is 7.66. The quantitative estimate of drug-likeness (QED) is 0.775. The van der Waals surface area contributed by atoms with Crippen LogP contribution in [0.4, 0.5) is 0 Å². The van der Waals surface area contributed by atoms with Gasteiger partial charge in [0.15, 0.2) is 0 Å². The number of carbonyl (C=O) groups excluding carboxylic acids is 1. The van der Waals surface area contributed by atoms with Crippen LogP contribution in [0.1, 0.15) is 25.3 Å². The number of amides is 1. The second-order valence-electron chi connectivity index (χ2n) is 4.38. The second-order valence-corrected chi connectivity index (χ2v) is 4.82. The zero-order valence-corrected chi connectivity index (χ0v) is 10.2. The molecule has 1 atom stereocenters. The number of benzene rings is 1. The van der Waals surface area contributed by atoms with Crippen molar-refractivity contribution in [1.82, 2.24) is 4.90 Å². The summed E-state index contributed by atoms with van der Waals surface area (Å²) in [5.41, 5.74) is 1.04. The molecule has 1 fully saturated rings. The van der Waals surface area contributed by atoms with Crippen molar-refractivity contribution in [3.8, 4) is 0 Å². The minimum absolute atomic E-state index is 0.229. The highest BCUT2D eigenvalue weighted by atomic mass is 35.5. The van der Waals surface area contributed by atoms with Crippen LogP contribution < -0.4 is 0 Å². The van der Waals surface area contributed by atoms with Gasteiger partial charge in [0.2, 0.25) is 5.91 Å². The molecule has 0 bridgehead atoms. The van der Waals surface area contributed by atoms with Gasteiger partial charge in [-0.1, -0.05) is 23.7 Å². The second kappa shape index (κ2) is 4.88. The first-order valence-electron chi connectivity index (χ1n) is 5.71. The zero-order chi connectivity index (χ0) is 11.5. The lowest BCUT2D eigenvalue weighted by Gasteiger charge is -2.21. The smallest absolute Gasteiger partial charge is 0.227 e. The molecule has 0 N–H and O–H groups in total. The van der Waals surface area contributed by atoms with E-state index in [1.165, 1.54) is 0 Å². The van der Waals surface area contributed by atoms with Gasteiger partial charge >= 0.3 is 0 Å². The topological polar surface area (TPSA) is 20.3 Å². The van der Waals surface area contributed by atoms with Crippen LogP contribution in [0.3, 0.4) is 0 Å². The van der Waals surface area contributed by atoms with Crippen LogP contribution >= 0.6 is 11.6 Å². The summed E-state index contributed by atoms with van der Waals surface area (Å²) in [6, 6.07) is 7.90. The first kappa shape index (κ1) is 11.5. The van der Waals surface area contributed by atoms with Crippen LogP contribution in [0.5, 0.6) is 0 Å². The molecular formula is C13H16ClNO. The molecule has 1 aliphatic rings. The molecule has 0 aliphatic carbocycles. The molecule has 1 aliphatic heterocycles. The molecule has 0 spiro atoms. The molecule has 1 unspecified atom stereocenters. The highest BCUT2D eigenvalue weighted by molar-refractivity contribution is 6.30. The third-order valence-electron chi connectivity index (χ3n) is 3.14. The lowest BCUT2D eigenvalue weighted by atomic mass is 10.1. The van der Waals surface area contributed by atoms with Gasteiger partial charge in [0.25, 0.3) is 0 Å². The SMILES string of the molecule is CC1CCCN1C(=O)Cc1ccc(Cl)cc1. The Balaban J connectivity index is 1.99. The Labute approximate surface area is 101 Å². The summed E-state index contributed by atoms with van der Waals surface area (Å²) >= 11 is 5.80. The minimum atomic E-state index is 0.229. The Morgan fingerprint density at radius 3 is 2.69 bits per heavy atom. The molecular weight excluding hydrogens is 222 g/mol. The molecule has 16 heavy (non-hydrogen) atoms. The van der Waals surface area contributed by atoms with E-state index in [0.29, 0.717) is 17.5 Å². The predicted molar refractivity (Wildman–Crippen MR) is 65.6 cm³/mol. The van der Waals surface area contributed by atoms with Crippen LogP contribution in [-0.4, -0.2) is 23.4 Å². The number of hydrogen-bond donors (Lipinski definition) is 0. The van der Waals surface area contributed by atoms with Gasteiger partial charge in [-0.3, -0.25) is 4.79 Å². The lowest BCUT2D eigenvalue weighted by molar-refractivity contribution is -0.130. The van der Waals surface area contributed by atoms with E-state index in [1.54, 1.807) is 0 Å². The monoisotopic (exact) mass is 237 g/mol. The van der Waals surface area contributed by atoms with Gasteiger partial charge in [0.1, 0.15) is 0 Å². The maximum atomic E-state index is 12.0. The van der Waals surface area contributed by atoms with Gasteiger partial charge in [0, 0.05) is 17.6 Å². The van der Waals surface area contributed by atoms with Gasteiger partial charge in [-0.05, 0) is 37.5 Å². The standard InChI is InChI=1S/C13H16ClNO/c1-10-3-2-8-15(10)13(16)9-11-4-6-12(14)7-5-11/h4-7,10H,2-3,8-9H2,1H3. The number of hydrogen-bond acceptors (Lipinski definition) is 1. The fourth-order valence-electron chi connectivity index (χ4n) is 2.18. The Kier molecular flexibility index (Phi) is 3.49. The number of likely N-dealkylation sites (tertiary alicyclic amines) is 1. The molecule has 3 heteroatoms. The lowest BCUT2D eigenvalue weighted by Crippen LogP contribution is -2.34. The van der Waals surface area contributed by atoms with Gasteiger partial charge < -0.3 is 4.90 Å². The Morgan fingerprint density at radius 2 is 2.12 bits per heavy atom. The zero-order valence-electron chi connectivity index (χ0n) is 9.45. The van der Waals surface area contributed by atoms with Crippen LogP contribution in [0, 0.1) is 0 Å². The molecule has 1 heterocycles. The van der Waals surface area contributed by atoms with Crippen molar-refractivity contribution >= 4 is 17.5 Å². The number of rotatable bonds is 2. The third kappa shape index (κ3) is 2.56.